The molecule has 3 aromatic rings. The van der Waals surface area contributed by atoms with E-state index in [1.165, 1.54) is 30.6 Å². The average Bonchev–Trinajstić information content (AvgIpc) is 3.45. The lowest BCUT2D eigenvalue weighted by molar-refractivity contribution is -0.385. The van der Waals surface area contributed by atoms with Gasteiger partial charge in [-0.15, -0.1) is 11.3 Å². The maximum Gasteiger partial charge on any atom is 0.286 e. The summed E-state index contributed by atoms with van der Waals surface area (Å²) >= 11 is 1.41. The van der Waals surface area contributed by atoms with E-state index in [-0.39, 0.29) is 41.9 Å². The third-order valence-corrected chi connectivity index (χ3v) is 5.17. The van der Waals surface area contributed by atoms with Crippen molar-refractivity contribution in [1.29, 1.82) is 0 Å². The summed E-state index contributed by atoms with van der Waals surface area (Å²) in [6.45, 7) is 0.317. The first kappa shape index (κ1) is 22.2. The quantitative estimate of drug-likeness (QED) is 0.372. The van der Waals surface area contributed by atoms with Gasteiger partial charge in [-0.2, -0.15) is 0 Å². The number of thiazole rings is 1. The number of hydrogen-bond donors (Lipinski definition) is 1. The number of methoxy groups -OCH3 is 1. The number of rotatable bonds is 10. The van der Waals surface area contributed by atoms with Crippen molar-refractivity contribution in [2.45, 2.75) is 12.6 Å². The largest absolute Gasteiger partial charge is 0.493 e. The number of amides is 1. The van der Waals surface area contributed by atoms with Crippen LogP contribution in [0.15, 0.2) is 45.8 Å². The van der Waals surface area contributed by atoms with Gasteiger partial charge in [-0.05, 0) is 26.2 Å². The molecule has 164 valence electrons. The van der Waals surface area contributed by atoms with Crippen molar-refractivity contribution >= 4 is 22.9 Å². The number of ether oxygens (including phenoxy) is 2. The lowest BCUT2D eigenvalue weighted by Crippen LogP contribution is -2.34. The van der Waals surface area contributed by atoms with Crippen LogP contribution >= 0.6 is 11.3 Å². The second-order valence-corrected chi connectivity index (χ2v) is 7.47. The maximum absolute atomic E-state index is 12.8. The SMILES string of the molecule is COc1cc(C(=O)NCC(c2ccco2)N(C)C)c([N+](=O)[O-])cc1OCc1cscn1. The van der Waals surface area contributed by atoms with Crippen LogP contribution in [0.4, 0.5) is 5.69 Å². The molecule has 0 saturated heterocycles. The lowest BCUT2D eigenvalue weighted by Gasteiger charge is -2.22. The van der Waals surface area contributed by atoms with Crippen LogP contribution in [0, 0.1) is 10.1 Å². The zero-order valence-corrected chi connectivity index (χ0v) is 18.0. The van der Waals surface area contributed by atoms with Gasteiger partial charge in [-0.25, -0.2) is 4.98 Å². The fourth-order valence-corrected chi connectivity index (χ4v) is 3.46. The van der Waals surface area contributed by atoms with E-state index in [9.17, 15) is 14.9 Å². The first-order valence-corrected chi connectivity index (χ1v) is 10.2. The van der Waals surface area contributed by atoms with Crippen LogP contribution in [0.25, 0.3) is 0 Å². The highest BCUT2D eigenvalue weighted by atomic mass is 32.1. The van der Waals surface area contributed by atoms with Crippen LogP contribution in [-0.2, 0) is 6.61 Å². The average molecular weight is 446 g/mol. The summed E-state index contributed by atoms with van der Waals surface area (Å²) in [6.07, 6.45) is 1.55. The molecule has 1 amide bonds. The molecule has 1 N–H and O–H groups in total. The summed E-state index contributed by atoms with van der Waals surface area (Å²) < 4.78 is 16.4. The van der Waals surface area contributed by atoms with E-state index < -0.39 is 10.8 Å². The smallest absolute Gasteiger partial charge is 0.286 e. The van der Waals surface area contributed by atoms with Crippen molar-refractivity contribution in [3.63, 3.8) is 0 Å². The van der Waals surface area contributed by atoms with Crippen molar-refractivity contribution in [3.8, 4) is 11.5 Å². The summed E-state index contributed by atoms with van der Waals surface area (Å²) in [6, 6.07) is 5.82. The second kappa shape index (κ2) is 10.0. The summed E-state index contributed by atoms with van der Waals surface area (Å²) in [5, 5.41) is 16.2. The Balaban J connectivity index is 1.81. The minimum atomic E-state index is -0.625. The first-order valence-electron chi connectivity index (χ1n) is 9.25. The summed E-state index contributed by atoms with van der Waals surface area (Å²) in [7, 11) is 5.09. The second-order valence-electron chi connectivity index (χ2n) is 6.75. The summed E-state index contributed by atoms with van der Waals surface area (Å²) in [5.41, 5.74) is 1.84. The Morgan fingerprint density at radius 2 is 2.19 bits per heavy atom. The summed E-state index contributed by atoms with van der Waals surface area (Å²) in [4.78, 5) is 29.8. The van der Waals surface area contributed by atoms with Gasteiger partial charge in [-0.3, -0.25) is 19.8 Å². The minimum absolute atomic E-state index is 0.121. The van der Waals surface area contributed by atoms with E-state index in [1.807, 2.05) is 24.4 Å². The molecule has 2 heterocycles. The third-order valence-electron chi connectivity index (χ3n) is 4.53. The van der Waals surface area contributed by atoms with Gasteiger partial charge in [0.2, 0.25) is 0 Å². The van der Waals surface area contributed by atoms with Crippen LogP contribution in [0.5, 0.6) is 11.5 Å². The molecule has 0 aliphatic heterocycles. The molecule has 0 fully saturated rings. The highest BCUT2D eigenvalue weighted by molar-refractivity contribution is 7.07. The number of furan rings is 1. The van der Waals surface area contributed by atoms with E-state index >= 15 is 0 Å². The monoisotopic (exact) mass is 446 g/mol. The van der Waals surface area contributed by atoms with Gasteiger partial charge in [0.25, 0.3) is 11.6 Å². The molecule has 0 spiro atoms. The highest BCUT2D eigenvalue weighted by Gasteiger charge is 2.26. The molecule has 3 rings (SSSR count). The molecule has 10 nitrogen and oxygen atoms in total. The molecule has 0 aliphatic rings. The van der Waals surface area contributed by atoms with Gasteiger partial charge >= 0.3 is 0 Å². The van der Waals surface area contributed by atoms with E-state index in [0.29, 0.717) is 11.5 Å². The van der Waals surface area contributed by atoms with Crippen LogP contribution in [0.2, 0.25) is 0 Å². The van der Waals surface area contributed by atoms with Gasteiger partial charge in [-0.1, -0.05) is 0 Å². The molecule has 2 aromatic heterocycles. The normalized spacial score (nSPS) is 11.9. The molecule has 0 bridgehead atoms. The number of nitrogens with zero attached hydrogens (tertiary/aromatic N) is 3. The molecular formula is C20H22N4O6S. The third kappa shape index (κ3) is 5.38. The van der Waals surface area contributed by atoms with Crippen LogP contribution in [-0.4, -0.2) is 48.5 Å². The van der Waals surface area contributed by atoms with E-state index in [4.69, 9.17) is 13.9 Å². The van der Waals surface area contributed by atoms with Gasteiger partial charge < -0.3 is 19.2 Å². The fourth-order valence-electron chi connectivity index (χ4n) is 2.92. The Morgan fingerprint density at radius 1 is 1.39 bits per heavy atom. The Hall–Kier alpha value is -3.44. The molecule has 31 heavy (non-hydrogen) atoms. The standard InChI is InChI=1S/C20H22N4O6S/c1-23(2)16(17-5-4-6-29-17)9-21-20(25)14-7-18(28-3)19(8-15(14)24(26)27)30-10-13-11-31-12-22-13/h4-8,11-12,16H,9-10H2,1-3H3,(H,21,25). The topological polar surface area (TPSA) is 120 Å². The molecule has 1 aromatic carbocycles. The van der Waals surface area contributed by atoms with Crippen LogP contribution in [0.3, 0.4) is 0 Å². The Labute approximate surface area is 182 Å². The predicted octanol–water partition coefficient (Wildman–Crippen LogP) is 3.26. The predicted molar refractivity (Wildman–Crippen MR) is 114 cm³/mol. The number of nitrogens with one attached hydrogen (secondary N) is 1. The number of nitro benzene ring substituents is 1. The Kier molecular flexibility index (Phi) is 7.21. The van der Waals surface area contributed by atoms with Crippen molar-refractivity contribution in [2.24, 2.45) is 0 Å². The van der Waals surface area contributed by atoms with E-state index in [2.05, 4.69) is 10.3 Å². The van der Waals surface area contributed by atoms with Crippen LogP contribution in [0.1, 0.15) is 27.9 Å². The molecule has 0 radical (unpaired) electrons. The Bertz CT molecular complexity index is 1020. The van der Waals surface area contributed by atoms with Gasteiger partial charge in [0.1, 0.15) is 17.9 Å². The zero-order chi connectivity index (χ0) is 22.4. The molecule has 0 aliphatic carbocycles. The fraction of sp³-hybridized carbons (Fsp3) is 0.300. The van der Waals surface area contributed by atoms with Crippen molar-refractivity contribution < 1.29 is 23.6 Å². The zero-order valence-electron chi connectivity index (χ0n) is 17.2. The molecule has 1 atom stereocenters. The molecule has 11 heteroatoms. The van der Waals surface area contributed by atoms with E-state index in [0.717, 1.165) is 0 Å². The van der Waals surface area contributed by atoms with Crippen molar-refractivity contribution in [3.05, 3.63) is 68.6 Å². The van der Waals surface area contributed by atoms with E-state index in [1.54, 1.807) is 23.9 Å². The van der Waals surface area contributed by atoms with Gasteiger partial charge in [0.15, 0.2) is 11.5 Å². The molecule has 1 unspecified atom stereocenters. The van der Waals surface area contributed by atoms with Crippen LogP contribution < -0.4 is 14.8 Å². The highest BCUT2D eigenvalue weighted by Crippen LogP contribution is 2.35. The number of nitro groups is 1. The van der Waals surface area contributed by atoms with Gasteiger partial charge in [0.05, 0.1) is 41.6 Å². The maximum atomic E-state index is 12.8. The summed E-state index contributed by atoms with van der Waals surface area (Å²) in [5.74, 6) is 0.430. The number of aromatic nitrogens is 1. The molecule has 0 saturated carbocycles. The van der Waals surface area contributed by atoms with Crippen molar-refractivity contribution in [2.75, 3.05) is 27.7 Å². The number of benzene rings is 1. The number of likely N-dealkylation sites (N-methyl/N-ethyl adjacent to an activating group) is 1. The van der Waals surface area contributed by atoms with Crippen molar-refractivity contribution in [1.82, 2.24) is 15.2 Å². The molecular weight excluding hydrogens is 424 g/mol. The minimum Gasteiger partial charge on any atom is -0.493 e. The number of carbonyl (C=O) groups excluding carboxylic acids is 1. The lowest BCUT2D eigenvalue weighted by atomic mass is 10.1. The number of hydrogen-bond acceptors (Lipinski definition) is 9. The number of carbonyl (C=O) groups is 1. The first-order chi connectivity index (χ1) is 14.9. The Morgan fingerprint density at radius 3 is 2.77 bits per heavy atom. The van der Waals surface area contributed by atoms with Gasteiger partial charge in [0, 0.05) is 18.0 Å².